The predicted octanol–water partition coefficient (Wildman–Crippen LogP) is 0.850. The van der Waals surface area contributed by atoms with E-state index in [1.54, 1.807) is 0 Å². The fourth-order valence-electron chi connectivity index (χ4n) is 1.60. The molecule has 1 rings (SSSR count). The molecule has 1 aromatic rings. The molecule has 0 heterocycles. The Bertz CT molecular complexity index is 656. The minimum Gasteiger partial charge on any atom is -0.465 e. The zero-order valence-corrected chi connectivity index (χ0v) is 13.5. The summed E-state index contributed by atoms with van der Waals surface area (Å²) >= 11 is 0.939. The summed E-state index contributed by atoms with van der Waals surface area (Å²) in [4.78, 5) is 11.8. The van der Waals surface area contributed by atoms with Crippen molar-refractivity contribution in [3.8, 4) is 0 Å². The Labute approximate surface area is 128 Å². The number of nitrogens with zero attached hydrogens (tertiary/aromatic N) is 1. The Morgan fingerprint density at radius 3 is 2.52 bits per heavy atom. The molecular weight excluding hydrogens is 314 g/mol. The Balaban J connectivity index is 3.50. The van der Waals surface area contributed by atoms with E-state index in [4.69, 9.17) is 11.1 Å². The Morgan fingerprint density at radius 1 is 1.43 bits per heavy atom. The van der Waals surface area contributed by atoms with E-state index < -0.39 is 16.0 Å². The second kappa shape index (κ2) is 6.92. The number of hydrogen-bond acceptors (Lipinski definition) is 6. The third-order valence-electron chi connectivity index (χ3n) is 2.67. The summed E-state index contributed by atoms with van der Waals surface area (Å²) in [5.41, 5.74) is 5.71. The van der Waals surface area contributed by atoms with Crippen LogP contribution in [0.3, 0.4) is 0 Å². The maximum atomic E-state index is 12.3. The number of carbonyl (C=O) groups is 1. The first kappa shape index (κ1) is 17.5. The standard InChI is InChI=1S/C12H17N3O4S2/c1-15(2)21(17,18)10-6-4-5-8(11(16)19-3)9(10)7-20-12(13)14/h4-6H,7H2,1-3H3,(H3,13,14). The van der Waals surface area contributed by atoms with Crippen LogP contribution in [0.4, 0.5) is 0 Å². The van der Waals surface area contributed by atoms with Gasteiger partial charge in [-0.1, -0.05) is 17.8 Å². The molecule has 1 aromatic carbocycles. The highest BCUT2D eigenvalue weighted by atomic mass is 32.2. The van der Waals surface area contributed by atoms with Crippen molar-refractivity contribution >= 4 is 32.9 Å². The molecule has 0 aliphatic heterocycles. The van der Waals surface area contributed by atoms with Crippen LogP contribution in [0, 0.1) is 5.41 Å². The number of amidine groups is 1. The highest BCUT2D eigenvalue weighted by Gasteiger charge is 2.25. The van der Waals surface area contributed by atoms with Crippen LogP contribution in [0.25, 0.3) is 0 Å². The van der Waals surface area contributed by atoms with Crippen molar-refractivity contribution in [2.24, 2.45) is 5.73 Å². The van der Waals surface area contributed by atoms with Crippen LogP contribution in [0.1, 0.15) is 15.9 Å². The molecule has 0 fully saturated rings. The van der Waals surface area contributed by atoms with Crippen LogP contribution in [0.2, 0.25) is 0 Å². The maximum Gasteiger partial charge on any atom is 0.338 e. The fraction of sp³-hybridized carbons (Fsp3) is 0.333. The van der Waals surface area contributed by atoms with Crippen molar-refractivity contribution in [3.63, 3.8) is 0 Å². The van der Waals surface area contributed by atoms with Crippen LogP contribution < -0.4 is 5.73 Å². The second-order valence-electron chi connectivity index (χ2n) is 4.21. The van der Waals surface area contributed by atoms with E-state index in [0.29, 0.717) is 0 Å². The Kier molecular flexibility index (Phi) is 5.76. The zero-order chi connectivity index (χ0) is 16.2. The van der Waals surface area contributed by atoms with E-state index in [0.717, 1.165) is 16.1 Å². The van der Waals surface area contributed by atoms with E-state index in [-0.39, 0.29) is 26.9 Å². The molecule has 0 saturated heterocycles. The summed E-state index contributed by atoms with van der Waals surface area (Å²) in [6, 6.07) is 4.37. The summed E-state index contributed by atoms with van der Waals surface area (Å²) in [6.45, 7) is 0. The number of thioether (sulfide) groups is 1. The number of nitrogens with one attached hydrogen (secondary N) is 1. The highest BCUT2D eigenvalue weighted by Crippen LogP contribution is 2.26. The zero-order valence-electron chi connectivity index (χ0n) is 11.9. The minimum absolute atomic E-state index is 0.00384. The first-order valence-electron chi connectivity index (χ1n) is 5.81. The third kappa shape index (κ3) is 3.96. The van der Waals surface area contributed by atoms with Crippen molar-refractivity contribution in [2.75, 3.05) is 21.2 Å². The molecule has 9 heteroatoms. The Morgan fingerprint density at radius 2 is 2.05 bits per heavy atom. The quantitative estimate of drug-likeness (QED) is 0.470. The lowest BCUT2D eigenvalue weighted by molar-refractivity contribution is 0.0599. The van der Waals surface area contributed by atoms with Gasteiger partial charge in [0.05, 0.1) is 17.6 Å². The topological polar surface area (TPSA) is 114 Å². The smallest absolute Gasteiger partial charge is 0.338 e. The average molecular weight is 331 g/mol. The van der Waals surface area contributed by atoms with Gasteiger partial charge in [0.1, 0.15) is 0 Å². The lowest BCUT2D eigenvalue weighted by atomic mass is 10.1. The van der Waals surface area contributed by atoms with Gasteiger partial charge in [0, 0.05) is 19.8 Å². The minimum atomic E-state index is -3.72. The summed E-state index contributed by atoms with van der Waals surface area (Å²) in [5, 5.41) is 7.08. The summed E-state index contributed by atoms with van der Waals surface area (Å²) in [7, 11) is 0.310. The molecule has 0 aliphatic carbocycles. The van der Waals surface area contributed by atoms with Crippen molar-refractivity contribution in [1.29, 1.82) is 5.41 Å². The van der Waals surface area contributed by atoms with E-state index in [9.17, 15) is 13.2 Å². The number of ether oxygens (including phenoxy) is 1. The van der Waals surface area contributed by atoms with Gasteiger partial charge in [-0.2, -0.15) is 0 Å². The van der Waals surface area contributed by atoms with E-state index in [1.165, 1.54) is 39.4 Å². The van der Waals surface area contributed by atoms with Crippen LogP contribution in [0.5, 0.6) is 0 Å². The number of rotatable bonds is 5. The Hall–Kier alpha value is -1.58. The molecule has 0 saturated carbocycles. The van der Waals surface area contributed by atoms with Crippen molar-refractivity contribution in [1.82, 2.24) is 4.31 Å². The number of carbonyl (C=O) groups excluding carboxylic acids is 1. The largest absolute Gasteiger partial charge is 0.465 e. The van der Waals surface area contributed by atoms with E-state index >= 15 is 0 Å². The summed E-state index contributed by atoms with van der Waals surface area (Å²) in [5.74, 6) is -0.548. The number of hydrogen-bond donors (Lipinski definition) is 2. The number of sulfonamides is 1. The van der Waals surface area contributed by atoms with Gasteiger partial charge < -0.3 is 10.5 Å². The maximum absolute atomic E-state index is 12.3. The predicted molar refractivity (Wildman–Crippen MR) is 81.9 cm³/mol. The van der Waals surface area contributed by atoms with Gasteiger partial charge in [-0.25, -0.2) is 17.5 Å². The number of esters is 1. The van der Waals surface area contributed by atoms with Gasteiger partial charge in [0.15, 0.2) is 5.17 Å². The summed E-state index contributed by atoms with van der Waals surface area (Å²) < 4.78 is 30.4. The van der Waals surface area contributed by atoms with Gasteiger partial charge in [-0.05, 0) is 17.7 Å². The van der Waals surface area contributed by atoms with Crippen molar-refractivity contribution in [3.05, 3.63) is 29.3 Å². The van der Waals surface area contributed by atoms with Gasteiger partial charge in [0.2, 0.25) is 10.0 Å². The molecular formula is C12H17N3O4S2. The van der Waals surface area contributed by atoms with Crippen molar-refractivity contribution in [2.45, 2.75) is 10.6 Å². The molecule has 7 nitrogen and oxygen atoms in total. The number of nitrogens with two attached hydrogens (primary N) is 1. The van der Waals surface area contributed by atoms with E-state index in [2.05, 4.69) is 4.74 Å². The monoisotopic (exact) mass is 331 g/mol. The van der Waals surface area contributed by atoms with Crippen molar-refractivity contribution < 1.29 is 17.9 Å². The fourth-order valence-corrected chi connectivity index (χ4v) is 3.44. The molecule has 116 valence electrons. The second-order valence-corrected chi connectivity index (χ2v) is 7.35. The lowest BCUT2D eigenvalue weighted by Gasteiger charge is -2.17. The van der Waals surface area contributed by atoms with Crippen LogP contribution in [-0.2, 0) is 20.5 Å². The van der Waals surface area contributed by atoms with Gasteiger partial charge in [-0.3, -0.25) is 5.41 Å². The number of benzene rings is 1. The molecule has 0 spiro atoms. The molecule has 0 unspecified atom stereocenters. The van der Waals surface area contributed by atoms with Crippen LogP contribution in [-0.4, -0.2) is 45.1 Å². The van der Waals surface area contributed by atoms with E-state index in [1.807, 2.05) is 0 Å². The first-order valence-corrected chi connectivity index (χ1v) is 8.24. The average Bonchev–Trinajstić information content (AvgIpc) is 2.43. The molecule has 0 bridgehead atoms. The van der Waals surface area contributed by atoms with Crippen LogP contribution in [0.15, 0.2) is 23.1 Å². The molecule has 3 N–H and O–H groups in total. The molecule has 0 aromatic heterocycles. The highest BCUT2D eigenvalue weighted by molar-refractivity contribution is 8.13. The molecule has 0 atom stereocenters. The molecule has 0 radical (unpaired) electrons. The normalized spacial score (nSPS) is 11.4. The van der Waals surface area contributed by atoms with Gasteiger partial charge >= 0.3 is 5.97 Å². The van der Waals surface area contributed by atoms with Gasteiger partial charge in [0.25, 0.3) is 0 Å². The SMILES string of the molecule is COC(=O)c1cccc(S(=O)(=O)N(C)C)c1CSC(=N)N. The molecule has 0 aliphatic rings. The molecule has 21 heavy (non-hydrogen) atoms. The summed E-state index contributed by atoms with van der Waals surface area (Å²) in [6.07, 6.45) is 0. The van der Waals surface area contributed by atoms with Gasteiger partial charge in [-0.15, -0.1) is 0 Å². The lowest BCUT2D eigenvalue weighted by Crippen LogP contribution is -2.24. The number of methoxy groups -OCH3 is 1. The third-order valence-corrected chi connectivity index (χ3v) is 5.31. The van der Waals surface area contributed by atoms with Crippen LogP contribution >= 0.6 is 11.8 Å². The first-order chi connectivity index (χ1) is 9.71. The molecule has 0 amide bonds.